The topological polar surface area (TPSA) is 143 Å². The number of rotatable bonds is 8. The van der Waals surface area contributed by atoms with Crippen molar-refractivity contribution in [1.29, 1.82) is 0 Å². The SMILES string of the molecule is Cc1n[nH]c(C)c1-c1ccc(NC(=O)[C@@H](NC(=O)c2nnnn2C)C(C2CC2)C2CC2)nc1F. The molecule has 11 nitrogen and oxygen atoms in total. The smallest absolute Gasteiger partial charge is 0.291 e. The van der Waals surface area contributed by atoms with Crippen molar-refractivity contribution in [3.63, 3.8) is 0 Å². The zero-order valence-electron chi connectivity index (χ0n) is 19.2. The number of aryl methyl sites for hydroxylation is 3. The van der Waals surface area contributed by atoms with Gasteiger partial charge in [0.05, 0.1) is 5.69 Å². The predicted molar refractivity (Wildman–Crippen MR) is 119 cm³/mol. The largest absolute Gasteiger partial charge is 0.337 e. The molecule has 0 aliphatic heterocycles. The number of amides is 2. The van der Waals surface area contributed by atoms with E-state index in [4.69, 9.17) is 0 Å². The molecule has 2 saturated carbocycles. The summed E-state index contributed by atoms with van der Waals surface area (Å²) in [6, 6.07) is 2.32. The zero-order chi connectivity index (χ0) is 24.0. The minimum atomic E-state index is -0.799. The molecule has 3 aromatic heterocycles. The molecule has 0 radical (unpaired) electrons. The van der Waals surface area contributed by atoms with Crippen molar-refractivity contribution in [3.8, 4) is 11.1 Å². The maximum atomic E-state index is 14.9. The monoisotopic (exact) mass is 467 g/mol. The molecule has 5 rings (SSSR count). The van der Waals surface area contributed by atoms with E-state index in [0.29, 0.717) is 28.7 Å². The van der Waals surface area contributed by atoms with Crippen molar-refractivity contribution in [2.24, 2.45) is 24.8 Å². The summed E-state index contributed by atoms with van der Waals surface area (Å²) in [4.78, 5) is 30.2. The van der Waals surface area contributed by atoms with E-state index in [1.54, 1.807) is 33.0 Å². The summed E-state index contributed by atoms with van der Waals surface area (Å²) < 4.78 is 16.2. The molecule has 2 fully saturated rings. The summed E-state index contributed by atoms with van der Waals surface area (Å²) in [6.45, 7) is 3.59. The first-order chi connectivity index (χ1) is 16.3. The van der Waals surface area contributed by atoms with Crippen LogP contribution in [0.3, 0.4) is 0 Å². The number of hydrogen-bond donors (Lipinski definition) is 3. The molecular weight excluding hydrogens is 441 g/mol. The molecule has 2 amide bonds. The third-order valence-electron chi connectivity index (χ3n) is 6.61. The summed E-state index contributed by atoms with van der Waals surface area (Å²) in [6.07, 6.45) is 4.10. The molecule has 3 N–H and O–H groups in total. The van der Waals surface area contributed by atoms with Crippen molar-refractivity contribution in [3.05, 3.63) is 35.3 Å². The minimum Gasteiger partial charge on any atom is -0.337 e. The molecule has 178 valence electrons. The van der Waals surface area contributed by atoms with Gasteiger partial charge in [0.25, 0.3) is 5.91 Å². The number of halogens is 1. The Kier molecular flexibility index (Phi) is 5.58. The van der Waals surface area contributed by atoms with E-state index in [-0.39, 0.29) is 17.6 Å². The summed E-state index contributed by atoms with van der Waals surface area (Å²) in [5.41, 5.74) is 2.34. The van der Waals surface area contributed by atoms with E-state index in [2.05, 4.69) is 41.3 Å². The molecule has 1 atom stereocenters. The van der Waals surface area contributed by atoms with Crippen LogP contribution in [-0.2, 0) is 11.8 Å². The third kappa shape index (κ3) is 4.27. The number of aromatic amines is 1. The standard InChI is InChI=1S/C22H26FN9O2/c1-10-16(11(2)28-27-10)14-8-9-15(24-19(14)23)25-21(33)18(17(12-4-5-12)13-6-7-13)26-22(34)20-29-30-31-32(20)3/h8-9,12-13,17-18H,4-7H2,1-3H3,(H,26,34)(H,27,28)(H,24,25,33)/t18-/m0/s1. The molecule has 3 aromatic rings. The summed E-state index contributed by atoms with van der Waals surface area (Å²) in [5.74, 6) is -0.817. The molecule has 12 heteroatoms. The van der Waals surface area contributed by atoms with Crippen LogP contribution in [0.25, 0.3) is 11.1 Å². The van der Waals surface area contributed by atoms with Gasteiger partial charge < -0.3 is 10.6 Å². The number of nitrogens with one attached hydrogen (secondary N) is 3. The molecule has 0 bridgehead atoms. The second-order valence-electron chi connectivity index (χ2n) is 9.16. The number of tetrazole rings is 1. The van der Waals surface area contributed by atoms with Crippen LogP contribution in [0.5, 0.6) is 0 Å². The fourth-order valence-electron chi connectivity index (χ4n) is 4.70. The summed E-state index contributed by atoms with van der Waals surface area (Å²) in [7, 11) is 1.56. The number of anilines is 1. The van der Waals surface area contributed by atoms with Crippen LogP contribution in [-0.4, -0.2) is 53.2 Å². The van der Waals surface area contributed by atoms with Crippen LogP contribution >= 0.6 is 0 Å². The Morgan fingerprint density at radius 2 is 1.88 bits per heavy atom. The molecule has 0 saturated heterocycles. The van der Waals surface area contributed by atoms with Gasteiger partial charge in [-0.1, -0.05) is 0 Å². The number of hydrogen-bond acceptors (Lipinski definition) is 7. The first kappa shape index (κ1) is 22.1. The Labute approximate surface area is 194 Å². The van der Waals surface area contributed by atoms with Gasteiger partial charge in [0.2, 0.25) is 17.7 Å². The number of carbonyl (C=O) groups is 2. The Bertz CT molecular complexity index is 1210. The summed E-state index contributed by atoms with van der Waals surface area (Å²) >= 11 is 0. The number of H-pyrrole nitrogens is 1. The highest BCUT2D eigenvalue weighted by Gasteiger charge is 2.48. The molecule has 2 aliphatic rings. The highest BCUT2D eigenvalue weighted by atomic mass is 19.1. The Balaban J connectivity index is 1.38. The number of nitrogens with zero attached hydrogens (tertiary/aromatic N) is 6. The Morgan fingerprint density at radius 3 is 2.41 bits per heavy atom. The lowest BCUT2D eigenvalue weighted by molar-refractivity contribution is -0.119. The molecule has 2 aliphatic carbocycles. The number of carbonyl (C=O) groups excluding carboxylic acids is 2. The zero-order valence-corrected chi connectivity index (χ0v) is 19.2. The van der Waals surface area contributed by atoms with Crippen molar-refractivity contribution >= 4 is 17.6 Å². The molecule has 3 heterocycles. The molecule has 0 spiro atoms. The summed E-state index contributed by atoms with van der Waals surface area (Å²) in [5, 5.41) is 23.4. The van der Waals surface area contributed by atoms with E-state index in [9.17, 15) is 14.0 Å². The number of pyridine rings is 1. The second kappa shape index (κ2) is 8.58. The number of aromatic nitrogens is 7. The average Bonchev–Trinajstić information content (AvgIpc) is 3.73. The minimum absolute atomic E-state index is 0.00508. The van der Waals surface area contributed by atoms with E-state index in [0.717, 1.165) is 31.4 Å². The van der Waals surface area contributed by atoms with Gasteiger partial charge >= 0.3 is 0 Å². The fourth-order valence-corrected chi connectivity index (χ4v) is 4.70. The van der Waals surface area contributed by atoms with Crippen molar-refractivity contribution in [2.45, 2.75) is 45.6 Å². The average molecular weight is 468 g/mol. The van der Waals surface area contributed by atoms with Crippen LogP contribution in [0.15, 0.2) is 12.1 Å². The highest BCUT2D eigenvalue weighted by molar-refractivity contribution is 5.99. The predicted octanol–water partition coefficient (Wildman–Crippen LogP) is 1.92. The first-order valence-electron chi connectivity index (χ1n) is 11.4. The lowest BCUT2D eigenvalue weighted by atomic mass is 9.88. The van der Waals surface area contributed by atoms with E-state index >= 15 is 0 Å². The molecule has 0 aromatic carbocycles. The van der Waals surface area contributed by atoms with E-state index in [1.807, 2.05) is 0 Å². The lowest BCUT2D eigenvalue weighted by Gasteiger charge is -2.27. The maximum absolute atomic E-state index is 14.9. The van der Waals surface area contributed by atoms with Gasteiger partial charge in [-0.25, -0.2) is 9.67 Å². The van der Waals surface area contributed by atoms with E-state index in [1.165, 1.54) is 4.68 Å². The first-order valence-corrected chi connectivity index (χ1v) is 11.4. The van der Waals surface area contributed by atoms with Gasteiger partial charge in [-0.3, -0.25) is 14.7 Å². The van der Waals surface area contributed by atoms with Gasteiger partial charge in [-0.2, -0.15) is 9.49 Å². The third-order valence-corrected chi connectivity index (χ3v) is 6.61. The van der Waals surface area contributed by atoms with Gasteiger partial charge in [0, 0.05) is 23.9 Å². The quantitative estimate of drug-likeness (QED) is 0.430. The molecule has 34 heavy (non-hydrogen) atoms. The van der Waals surface area contributed by atoms with E-state index < -0.39 is 23.8 Å². The highest BCUT2D eigenvalue weighted by Crippen LogP contribution is 2.50. The second-order valence-corrected chi connectivity index (χ2v) is 9.16. The van der Waals surface area contributed by atoms with Crippen LogP contribution in [0, 0.1) is 37.5 Å². The van der Waals surface area contributed by atoms with Gasteiger partial charge in [-0.05, 0) is 79.8 Å². The van der Waals surface area contributed by atoms with Crippen molar-refractivity contribution < 1.29 is 14.0 Å². The van der Waals surface area contributed by atoms with Gasteiger partial charge in [0.1, 0.15) is 11.9 Å². The van der Waals surface area contributed by atoms with Crippen LogP contribution in [0.1, 0.15) is 47.7 Å². The maximum Gasteiger partial charge on any atom is 0.291 e. The van der Waals surface area contributed by atoms with Crippen molar-refractivity contribution in [2.75, 3.05) is 5.32 Å². The van der Waals surface area contributed by atoms with Crippen molar-refractivity contribution in [1.82, 2.24) is 40.7 Å². The van der Waals surface area contributed by atoms with Crippen LogP contribution < -0.4 is 10.6 Å². The fraction of sp³-hybridized carbons (Fsp3) is 0.500. The Morgan fingerprint density at radius 1 is 1.18 bits per heavy atom. The van der Waals surface area contributed by atoms with Crippen LogP contribution in [0.4, 0.5) is 10.2 Å². The molecule has 0 unspecified atom stereocenters. The molecular formula is C22H26FN9O2. The lowest BCUT2D eigenvalue weighted by Crippen LogP contribution is -2.50. The normalized spacial score (nSPS) is 16.5. The van der Waals surface area contributed by atoms with Crippen LogP contribution in [0.2, 0.25) is 0 Å². The Hall–Kier alpha value is -3.70. The van der Waals surface area contributed by atoms with Gasteiger partial charge in [0.15, 0.2) is 0 Å². The van der Waals surface area contributed by atoms with Gasteiger partial charge in [-0.15, -0.1) is 5.10 Å².